The Kier molecular flexibility index (Phi) is 3.94. The van der Waals surface area contributed by atoms with Crippen LogP contribution < -0.4 is 10.6 Å². The molecule has 108 valence electrons. The second kappa shape index (κ2) is 5.87. The average Bonchev–Trinajstić information content (AvgIpc) is 3.22. The maximum absolute atomic E-state index is 11.8. The van der Waals surface area contributed by atoms with Crippen molar-refractivity contribution in [2.45, 2.75) is 18.9 Å². The maximum atomic E-state index is 11.8. The Bertz CT molecular complexity index is 651. The fraction of sp³-hybridized carbons (Fsp3) is 0.214. The lowest BCUT2D eigenvalue weighted by Gasteiger charge is -2.07. The molecule has 0 aliphatic heterocycles. The lowest BCUT2D eigenvalue weighted by Crippen LogP contribution is -2.26. The third-order valence-corrected chi connectivity index (χ3v) is 3.37. The monoisotopic (exact) mass is 322 g/mol. The van der Waals surface area contributed by atoms with E-state index in [-0.39, 0.29) is 5.91 Å². The fourth-order valence-electron chi connectivity index (χ4n) is 1.77. The number of aromatic nitrogens is 2. The smallest absolute Gasteiger partial charge is 0.271 e. The molecule has 1 aromatic carbocycles. The zero-order valence-corrected chi connectivity index (χ0v) is 12.4. The number of nitrogens with one attached hydrogen (secondary N) is 2. The molecule has 7 heteroatoms. The normalized spacial score (nSPS) is 13.8. The minimum absolute atomic E-state index is 0.192. The summed E-state index contributed by atoms with van der Waals surface area (Å²) < 4.78 is 0. The van der Waals surface area contributed by atoms with E-state index in [2.05, 4.69) is 20.6 Å². The predicted molar refractivity (Wildman–Crippen MR) is 82.3 cm³/mol. The number of carbonyl (C=O) groups is 1. The minimum atomic E-state index is -0.192. The summed E-state index contributed by atoms with van der Waals surface area (Å²) in [5, 5.41) is 6.94. The first-order chi connectivity index (χ1) is 10.1. The van der Waals surface area contributed by atoms with Crippen molar-refractivity contribution in [2.24, 2.45) is 0 Å². The minimum Gasteiger partial charge on any atom is -0.348 e. The highest BCUT2D eigenvalue weighted by atomic mass is 35.5. The van der Waals surface area contributed by atoms with Gasteiger partial charge in [0.25, 0.3) is 5.91 Å². The van der Waals surface area contributed by atoms with Crippen LogP contribution in [0.1, 0.15) is 23.3 Å². The van der Waals surface area contributed by atoms with Gasteiger partial charge in [-0.25, -0.2) is 9.97 Å². The summed E-state index contributed by atoms with van der Waals surface area (Å²) in [6, 6.07) is 5.39. The summed E-state index contributed by atoms with van der Waals surface area (Å²) in [6.45, 7) is 0. The van der Waals surface area contributed by atoms with Gasteiger partial charge < -0.3 is 10.6 Å². The van der Waals surface area contributed by atoms with Gasteiger partial charge in [-0.3, -0.25) is 4.79 Å². The van der Waals surface area contributed by atoms with Crippen LogP contribution in [0.4, 0.5) is 11.5 Å². The molecule has 1 aliphatic carbocycles. The number of halogens is 2. The van der Waals surface area contributed by atoms with E-state index >= 15 is 0 Å². The van der Waals surface area contributed by atoms with Gasteiger partial charge >= 0.3 is 0 Å². The van der Waals surface area contributed by atoms with Gasteiger partial charge in [-0.2, -0.15) is 0 Å². The molecule has 1 amide bonds. The van der Waals surface area contributed by atoms with Crippen molar-refractivity contribution in [1.29, 1.82) is 0 Å². The SMILES string of the molecule is O=C(NC1CC1)c1cnc(Nc2cc(Cl)cc(Cl)c2)cn1. The number of rotatable bonds is 4. The van der Waals surface area contributed by atoms with Crippen molar-refractivity contribution in [3.63, 3.8) is 0 Å². The predicted octanol–water partition coefficient (Wildman–Crippen LogP) is 3.42. The van der Waals surface area contributed by atoms with Gasteiger partial charge in [0.05, 0.1) is 12.4 Å². The van der Waals surface area contributed by atoms with Crippen molar-refractivity contribution in [3.8, 4) is 0 Å². The van der Waals surface area contributed by atoms with Crippen LogP contribution in [0.25, 0.3) is 0 Å². The number of amides is 1. The van der Waals surface area contributed by atoms with E-state index in [4.69, 9.17) is 23.2 Å². The molecule has 2 aromatic rings. The van der Waals surface area contributed by atoms with Crippen LogP contribution in [-0.2, 0) is 0 Å². The Morgan fingerprint density at radius 1 is 1.10 bits per heavy atom. The molecule has 0 radical (unpaired) electrons. The molecule has 5 nitrogen and oxygen atoms in total. The van der Waals surface area contributed by atoms with Crippen molar-refractivity contribution >= 4 is 40.6 Å². The Hall–Kier alpha value is -1.85. The zero-order chi connectivity index (χ0) is 14.8. The lowest BCUT2D eigenvalue weighted by atomic mass is 10.3. The van der Waals surface area contributed by atoms with Crippen LogP contribution in [0.5, 0.6) is 0 Å². The van der Waals surface area contributed by atoms with Crippen molar-refractivity contribution in [1.82, 2.24) is 15.3 Å². The van der Waals surface area contributed by atoms with E-state index < -0.39 is 0 Å². The number of carbonyl (C=O) groups excluding carboxylic acids is 1. The molecule has 1 aromatic heterocycles. The number of hydrogen-bond donors (Lipinski definition) is 2. The summed E-state index contributed by atoms with van der Waals surface area (Å²) in [4.78, 5) is 20.0. The van der Waals surface area contributed by atoms with Gasteiger partial charge in [0.15, 0.2) is 0 Å². The third kappa shape index (κ3) is 3.83. The Labute approximate surface area is 131 Å². The summed E-state index contributed by atoms with van der Waals surface area (Å²) >= 11 is 11.8. The van der Waals surface area contributed by atoms with E-state index in [9.17, 15) is 4.79 Å². The molecular weight excluding hydrogens is 311 g/mol. The van der Waals surface area contributed by atoms with Gasteiger partial charge in [-0.05, 0) is 31.0 Å². The molecule has 0 unspecified atom stereocenters. The molecule has 1 saturated carbocycles. The first kappa shape index (κ1) is 14.1. The lowest BCUT2D eigenvalue weighted by molar-refractivity contribution is 0.0945. The fourth-order valence-corrected chi connectivity index (χ4v) is 2.30. The molecule has 0 atom stereocenters. The average molecular weight is 323 g/mol. The second-order valence-electron chi connectivity index (χ2n) is 4.82. The van der Waals surface area contributed by atoms with Gasteiger partial charge in [0.2, 0.25) is 0 Å². The first-order valence-corrected chi connectivity index (χ1v) is 7.22. The number of anilines is 2. The van der Waals surface area contributed by atoms with Crippen LogP contribution in [-0.4, -0.2) is 21.9 Å². The number of nitrogens with zero attached hydrogens (tertiary/aromatic N) is 2. The molecule has 21 heavy (non-hydrogen) atoms. The van der Waals surface area contributed by atoms with E-state index in [1.54, 1.807) is 18.2 Å². The van der Waals surface area contributed by atoms with E-state index in [0.29, 0.717) is 33.3 Å². The molecule has 2 N–H and O–H groups in total. The van der Waals surface area contributed by atoms with Crippen molar-refractivity contribution < 1.29 is 4.79 Å². The van der Waals surface area contributed by atoms with Crippen LogP contribution in [0.2, 0.25) is 10.0 Å². The highest BCUT2D eigenvalue weighted by Crippen LogP contribution is 2.24. The van der Waals surface area contributed by atoms with Gasteiger partial charge in [0.1, 0.15) is 11.5 Å². The molecule has 3 rings (SSSR count). The third-order valence-electron chi connectivity index (χ3n) is 2.93. The Balaban J connectivity index is 1.69. The van der Waals surface area contributed by atoms with Crippen LogP contribution >= 0.6 is 23.2 Å². The van der Waals surface area contributed by atoms with Crippen LogP contribution in [0.15, 0.2) is 30.6 Å². The molecule has 0 spiro atoms. The largest absolute Gasteiger partial charge is 0.348 e. The highest BCUT2D eigenvalue weighted by Gasteiger charge is 2.24. The van der Waals surface area contributed by atoms with Crippen LogP contribution in [0.3, 0.4) is 0 Å². The summed E-state index contributed by atoms with van der Waals surface area (Å²) in [7, 11) is 0. The van der Waals surface area contributed by atoms with E-state index in [0.717, 1.165) is 12.8 Å². The first-order valence-electron chi connectivity index (χ1n) is 6.46. The molecule has 1 heterocycles. The van der Waals surface area contributed by atoms with E-state index in [1.165, 1.54) is 12.4 Å². The molecular formula is C14H12Cl2N4O. The summed E-state index contributed by atoms with van der Waals surface area (Å²) in [6.07, 6.45) is 5.01. The maximum Gasteiger partial charge on any atom is 0.271 e. The van der Waals surface area contributed by atoms with Crippen molar-refractivity contribution in [2.75, 3.05) is 5.32 Å². The van der Waals surface area contributed by atoms with E-state index in [1.807, 2.05) is 0 Å². The molecule has 0 saturated heterocycles. The number of benzene rings is 1. The Morgan fingerprint density at radius 3 is 2.38 bits per heavy atom. The van der Waals surface area contributed by atoms with Crippen molar-refractivity contribution in [3.05, 3.63) is 46.3 Å². The highest BCUT2D eigenvalue weighted by molar-refractivity contribution is 6.35. The molecule has 1 fully saturated rings. The van der Waals surface area contributed by atoms with Gasteiger partial charge in [-0.1, -0.05) is 23.2 Å². The zero-order valence-electron chi connectivity index (χ0n) is 10.9. The van der Waals surface area contributed by atoms with Gasteiger partial charge in [0, 0.05) is 21.8 Å². The molecule has 1 aliphatic rings. The number of hydrogen-bond acceptors (Lipinski definition) is 4. The quantitative estimate of drug-likeness (QED) is 0.905. The standard InChI is InChI=1S/C14H12Cl2N4O/c15-8-3-9(16)5-11(4-8)19-13-7-17-12(6-18-13)14(21)20-10-1-2-10/h3-7,10H,1-2H2,(H,18,19)(H,20,21). The summed E-state index contributed by atoms with van der Waals surface area (Å²) in [5.74, 6) is 0.318. The Morgan fingerprint density at radius 2 is 1.81 bits per heavy atom. The van der Waals surface area contributed by atoms with Crippen LogP contribution in [0, 0.1) is 0 Å². The molecule has 0 bridgehead atoms. The van der Waals surface area contributed by atoms with Gasteiger partial charge in [-0.15, -0.1) is 0 Å². The summed E-state index contributed by atoms with van der Waals surface area (Å²) in [5.41, 5.74) is 1.01. The topological polar surface area (TPSA) is 66.9 Å². The second-order valence-corrected chi connectivity index (χ2v) is 5.69.